The van der Waals surface area contributed by atoms with Crippen LogP contribution in [0.5, 0.6) is 0 Å². The van der Waals surface area contributed by atoms with E-state index in [1.54, 1.807) is 12.4 Å². The zero-order valence-electron chi connectivity index (χ0n) is 13.0. The summed E-state index contributed by atoms with van der Waals surface area (Å²) in [7, 11) is 0. The minimum absolute atomic E-state index is 0.0424. The molecule has 0 fully saturated rings. The number of Topliss-reactive ketones (excluding diaryl/α,β-unsaturated/α-hetero) is 1. The molecule has 0 unspecified atom stereocenters. The number of para-hydroxylation sites is 1. The molecule has 3 aromatic rings. The normalized spacial score (nSPS) is 10.5. The molecule has 2 aromatic heterocycles. The number of carbonyl (C=O) groups excluding carboxylic acids is 1. The van der Waals surface area contributed by atoms with Crippen LogP contribution in [0.4, 0.5) is 11.6 Å². The van der Waals surface area contributed by atoms with E-state index < -0.39 is 0 Å². The van der Waals surface area contributed by atoms with Gasteiger partial charge in [-0.2, -0.15) is 5.10 Å². The second kappa shape index (κ2) is 6.39. The highest BCUT2D eigenvalue weighted by atomic mass is 16.1. The van der Waals surface area contributed by atoms with Crippen LogP contribution < -0.4 is 5.32 Å². The third-order valence-corrected chi connectivity index (χ3v) is 3.62. The minimum Gasteiger partial charge on any atom is -0.324 e. The summed E-state index contributed by atoms with van der Waals surface area (Å²) in [6.45, 7) is 3.78. The Morgan fingerprint density at radius 1 is 1.13 bits per heavy atom. The fourth-order valence-electron chi connectivity index (χ4n) is 2.19. The molecule has 1 aromatic carbocycles. The summed E-state index contributed by atoms with van der Waals surface area (Å²) in [5.41, 5.74) is 3.95. The van der Waals surface area contributed by atoms with Gasteiger partial charge in [0, 0.05) is 35.8 Å². The summed E-state index contributed by atoms with van der Waals surface area (Å²) in [5.74, 6) is 0.457. The molecule has 0 radical (unpaired) electrons. The topological polar surface area (TPSA) is 83.6 Å². The number of hydrogen-bond acceptors (Lipinski definition) is 5. The highest BCUT2D eigenvalue weighted by molar-refractivity contribution is 5.97. The van der Waals surface area contributed by atoms with E-state index in [4.69, 9.17) is 0 Å². The van der Waals surface area contributed by atoms with Gasteiger partial charge in [0.25, 0.3) is 0 Å². The summed E-state index contributed by atoms with van der Waals surface area (Å²) < 4.78 is 0. The molecule has 116 valence electrons. The first-order valence-electron chi connectivity index (χ1n) is 7.31. The van der Waals surface area contributed by atoms with Gasteiger partial charge in [0.15, 0.2) is 5.78 Å². The minimum atomic E-state index is -0.0424. The van der Waals surface area contributed by atoms with Crippen LogP contribution in [-0.4, -0.2) is 25.9 Å². The van der Waals surface area contributed by atoms with Crippen LogP contribution in [0.15, 0.2) is 42.7 Å². The number of benzene rings is 1. The third-order valence-electron chi connectivity index (χ3n) is 3.62. The number of hydrogen-bond donors (Lipinski definition) is 2. The Morgan fingerprint density at radius 3 is 2.43 bits per heavy atom. The molecule has 0 amide bonds. The number of anilines is 2. The Morgan fingerprint density at radius 2 is 1.83 bits per heavy atom. The van der Waals surface area contributed by atoms with Crippen LogP contribution >= 0.6 is 0 Å². The van der Waals surface area contributed by atoms with Crippen LogP contribution in [0.25, 0.3) is 0 Å². The fourth-order valence-corrected chi connectivity index (χ4v) is 2.19. The zero-order valence-corrected chi connectivity index (χ0v) is 13.0. The van der Waals surface area contributed by atoms with E-state index >= 15 is 0 Å². The largest absolute Gasteiger partial charge is 0.324 e. The summed E-state index contributed by atoms with van der Waals surface area (Å²) in [4.78, 5) is 20.8. The van der Waals surface area contributed by atoms with Crippen LogP contribution in [0.3, 0.4) is 0 Å². The van der Waals surface area contributed by atoms with Crippen LogP contribution in [0, 0.1) is 13.8 Å². The fraction of sp³-hybridized carbons (Fsp3) is 0.176. The standard InChI is InChI=1S/C17H17N5O/c1-11-12(2)21-22-16(11)15(23)8-13-9-18-17(19-10-13)20-14-6-4-3-5-7-14/h3-7,9-10H,8H2,1-2H3,(H,21,22)(H,18,19,20). The Bertz CT molecular complexity index is 809. The molecule has 0 bridgehead atoms. The van der Waals surface area contributed by atoms with E-state index in [9.17, 15) is 4.79 Å². The molecule has 23 heavy (non-hydrogen) atoms. The quantitative estimate of drug-likeness (QED) is 0.708. The number of aryl methyl sites for hydroxylation is 1. The van der Waals surface area contributed by atoms with E-state index in [2.05, 4.69) is 25.5 Å². The lowest BCUT2D eigenvalue weighted by atomic mass is 10.1. The van der Waals surface area contributed by atoms with Gasteiger partial charge in [0.05, 0.1) is 0 Å². The van der Waals surface area contributed by atoms with Crippen molar-refractivity contribution in [2.24, 2.45) is 0 Å². The first-order valence-corrected chi connectivity index (χ1v) is 7.31. The lowest BCUT2D eigenvalue weighted by molar-refractivity contribution is 0.0987. The van der Waals surface area contributed by atoms with Crippen molar-refractivity contribution in [1.29, 1.82) is 0 Å². The molecule has 2 heterocycles. The monoisotopic (exact) mass is 307 g/mol. The van der Waals surface area contributed by atoms with E-state index in [-0.39, 0.29) is 12.2 Å². The second-order valence-electron chi connectivity index (χ2n) is 5.33. The molecule has 3 rings (SSSR count). The van der Waals surface area contributed by atoms with Crippen LogP contribution in [0.2, 0.25) is 0 Å². The number of nitrogens with zero attached hydrogens (tertiary/aromatic N) is 3. The highest BCUT2D eigenvalue weighted by Crippen LogP contribution is 2.14. The lowest BCUT2D eigenvalue weighted by Crippen LogP contribution is -2.07. The van der Waals surface area contributed by atoms with Crippen molar-refractivity contribution in [3.05, 3.63) is 65.2 Å². The van der Waals surface area contributed by atoms with Gasteiger partial charge in [-0.1, -0.05) is 18.2 Å². The van der Waals surface area contributed by atoms with E-state index in [0.717, 1.165) is 22.5 Å². The van der Waals surface area contributed by atoms with Gasteiger partial charge in [-0.3, -0.25) is 9.89 Å². The highest BCUT2D eigenvalue weighted by Gasteiger charge is 2.15. The third kappa shape index (κ3) is 3.42. The van der Waals surface area contributed by atoms with Crippen molar-refractivity contribution >= 4 is 17.4 Å². The maximum absolute atomic E-state index is 12.3. The predicted molar refractivity (Wildman–Crippen MR) is 87.9 cm³/mol. The molecule has 0 atom stereocenters. The van der Waals surface area contributed by atoms with Crippen LogP contribution in [0.1, 0.15) is 27.3 Å². The maximum atomic E-state index is 12.3. The lowest BCUT2D eigenvalue weighted by Gasteiger charge is -2.05. The molecular weight excluding hydrogens is 290 g/mol. The number of aromatic nitrogens is 4. The van der Waals surface area contributed by atoms with Crippen molar-refractivity contribution < 1.29 is 4.79 Å². The van der Waals surface area contributed by atoms with Gasteiger partial charge < -0.3 is 5.32 Å². The molecule has 0 aliphatic rings. The molecule has 2 N–H and O–H groups in total. The molecule has 6 heteroatoms. The number of aromatic amines is 1. The Hall–Kier alpha value is -3.02. The number of nitrogens with one attached hydrogen (secondary N) is 2. The first kappa shape index (κ1) is 14.9. The van der Waals surface area contributed by atoms with Crippen molar-refractivity contribution in [1.82, 2.24) is 20.2 Å². The number of ketones is 1. The molecule has 0 spiro atoms. The Labute approximate surface area is 134 Å². The number of rotatable bonds is 5. The Kier molecular flexibility index (Phi) is 4.14. The summed E-state index contributed by atoms with van der Waals surface area (Å²) >= 11 is 0. The molecule has 6 nitrogen and oxygen atoms in total. The van der Waals surface area contributed by atoms with E-state index in [1.807, 2.05) is 44.2 Å². The molecule has 0 saturated carbocycles. The van der Waals surface area contributed by atoms with Crippen LogP contribution in [-0.2, 0) is 6.42 Å². The van der Waals surface area contributed by atoms with Gasteiger partial charge in [0.2, 0.25) is 5.95 Å². The molecular formula is C17H17N5O. The molecule has 0 aliphatic heterocycles. The van der Waals surface area contributed by atoms with Gasteiger partial charge in [-0.05, 0) is 31.5 Å². The van der Waals surface area contributed by atoms with Gasteiger partial charge in [0.1, 0.15) is 5.69 Å². The second-order valence-corrected chi connectivity index (χ2v) is 5.33. The van der Waals surface area contributed by atoms with Crippen molar-refractivity contribution in [3.8, 4) is 0 Å². The van der Waals surface area contributed by atoms with Crippen molar-refractivity contribution in [3.63, 3.8) is 0 Å². The van der Waals surface area contributed by atoms with E-state index in [1.165, 1.54) is 0 Å². The van der Waals surface area contributed by atoms with Gasteiger partial charge >= 0.3 is 0 Å². The van der Waals surface area contributed by atoms with Gasteiger partial charge in [-0.15, -0.1) is 0 Å². The summed E-state index contributed by atoms with van der Waals surface area (Å²) in [6.07, 6.45) is 3.55. The average Bonchev–Trinajstić information content (AvgIpc) is 2.90. The van der Waals surface area contributed by atoms with Gasteiger partial charge in [-0.25, -0.2) is 9.97 Å². The first-order chi connectivity index (χ1) is 11.1. The number of H-pyrrole nitrogens is 1. The zero-order chi connectivity index (χ0) is 16.2. The summed E-state index contributed by atoms with van der Waals surface area (Å²) in [5, 5.41) is 9.99. The molecule has 0 saturated heterocycles. The predicted octanol–water partition coefficient (Wildman–Crippen LogP) is 2.99. The Balaban J connectivity index is 1.68. The smallest absolute Gasteiger partial charge is 0.227 e. The van der Waals surface area contributed by atoms with E-state index in [0.29, 0.717) is 11.6 Å². The molecule has 0 aliphatic carbocycles. The van der Waals surface area contributed by atoms with Crippen molar-refractivity contribution in [2.45, 2.75) is 20.3 Å². The average molecular weight is 307 g/mol. The summed E-state index contributed by atoms with van der Waals surface area (Å²) in [6, 6.07) is 9.68. The SMILES string of the molecule is Cc1[nH]nc(C(=O)Cc2cnc(Nc3ccccc3)nc2)c1C. The van der Waals surface area contributed by atoms with Crippen molar-refractivity contribution in [2.75, 3.05) is 5.32 Å². The maximum Gasteiger partial charge on any atom is 0.227 e. The number of carbonyl (C=O) groups is 1.